The van der Waals surface area contributed by atoms with E-state index in [4.69, 9.17) is 9.47 Å². The van der Waals surface area contributed by atoms with Crippen LogP contribution < -0.4 is 14.4 Å². The molecule has 1 aromatic rings. The molecule has 0 aliphatic carbocycles. The fourth-order valence-electron chi connectivity index (χ4n) is 2.71. The predicted octanol–water partition coefficient (Wildman–Crippen LogP) is 0.504. The third-order valence-corrected chi connectivity index (χ3v) is 5.25. The van der Waals surface area contributed by atoms with E-state index >= 15 is 0 Å². The largest absolute Gasteiger partial charge is 0.493 e. The zero-order valence-electron chi connectivity index (χ0n) is 14.2. The molecule has 2 aliphatic rings. The number of quaternary nitrogens is 1. The van der Waals surface area contributed by atoms with Gasteiger partial charge in [0.2, 0.25) is 0 Å². The number of nitrogens with one attached hydrogen (secondary N) is 1. The van der Waals surface area contributed by atoms with Crippen molar-refractivity contribution in [2.45, 2.75) is 0 Å². The maximum absolute atomic E-state index is 12.2. The molecule has 1 aromatic carbocycles. The van der Waals surface area contributed by atoms with Crippen molar-refractivity contribution in [2.24, 2.45) is 4.99 Å². The summed E-state index contributed by atoms with van der Waals surface area (Å²) in [5.41, 5.74) is 0.891. The van der Waals surface area contributed by atoms with E-state index < -0.39 is 0 Å². The quantitative estimate of drug-likeness (QED) is 0.807. The molecule has 1 N–H and O–H groups in total. The van der Waals surface area contributed by atoms with Crippen molar-refractivity contribution in [1.29, 1.82) is 0 Å². The van der Waals surface area contributed by atoms with Crippen LogP contribution in [0.2, 0.25) is 0 Å². The standard InChI is InChI=1S/C17H21N3O3S/c1-19-6-8-20(9-7-19)17-18-16(21)15(24-17)11-12-4-5-13(22-2)14(10-12)23-3/h4-5,10-11H,6-9H2,1-3H3/p+1/b15-11-. The maximum atomic E-state index is 12.2. The van der Waals surface area contributed by atoms with Crippen LogP contribution in [0.5, 0.6) is 11.5 Å². The lowest BCUT2D eigenvalue weighted by Crippen LogP contribution is -3.12. The molecule has 7 heteroatoms. The molecule has 0 aromatic heterocycles. The van der Waals surface area contributed by atoms with Gasteiger partial charge in [0.15, 0.2) is 16.7 Å². The molecule has 2 heterocycles. The zero-order chi connectivity index (χ0) is 17.1. The number of ether oxygens (including phenoxy) is 2. The zero-order valence-corrected chi connectivity index (χ0v) is 15.0. The molecule has 0 atom stereocenters. The van der Waals surface area contributed by atoms with E-state index in [-0.39, 0.29) is 5.91 Å². The molecule has 128 valence electrons. The van der Waals surface area contributed by atoms with Gasteiger partial charge >= 0.3 is 0 Å². The van der Waals surface area contributed by atoms with E-state index in [9.17, 15) is 4.79 Å². The number of aliphatic imine (C=N–C) groups is 1. The van der Waals surface area contributed by atoms with Gasteiger partial charge in [0.1, 0.15) is 0 Å². The lowest BCUT2D eigenvalue weighted by atomic mass is 10.2. The first-order valence-corrected chi connectivity index (χ1v) is 8.73. The molecular formula is C17H22N3O3S+. The van der Waals surface area contributed by atoms with Crippen LogP contribution in [0.15, 0.2) is 28.1 Å². The summed E-state index contributed by atoms with van der Waals surface area (Å²) in [6.45, 7) is 4.02. The minimum absolute atomic E-state index is 0.170. The minimum Gasteiger partial charge on any atom is -0.493 e. The lowest BCUT2D eigenvalue weighted by molar-refractivity contribution is -0.883. The molecule has 6 nitrogen and oxygen atoms in total. The van der Waals surface area contributed by atoms with Gasteiger partial charge in [-0.1, -0.05) is 6.07 Å². The molecule has 0 bridgehead atoms. The van der Waals surface area contributed by atoms with Gasteiger partial charge in [-0.05, 0) is 35.5 Å². The number of benzene rings is 1. The van der Waals surface area contributed by atoms with Gasteiger partial charge in [-0.3, -0.25) is 4.79 Å². The number of carbonyl (C=O) groups excluding carboxylic acids is 1. The molecule has 3 rings (SSSR count). The molecule has 0 unspecified atom stereocenters. The van der Waals surface area contributed by atoms with Gasteiger partial charge in [-0.2, -0.15) is 4.99 Å². The Morgan fingerprint density at radius 2 is 1.92 bits per heavy atom. The van der Waals surface area contributed by atoms with Gasteiger partial charge in [0, 0.05) is 0 Å². The van der Waals surface area contributed by atoms with Gasteiger partial charge in [0.05, 0.1) is 52.4 Å². The van der Waals surface area contributed by atoms with Crippen LogP contribution in [-0.2, 0) is 4.79 Å². The monoisotopic (exact) mass is 348 g/mol. The highest BCUT2D eigenvalue weighted by Crippen LogP contribution is 2.33. The second-order valence-electron chi connectivity index (χ2n) is 5.87. The summed E-state index contributed by atoms with van der Waals surface area (Å²) in [5.74, 6) is 1.14. The third-order valence-electron chi connectivity index (χ3n) is 4.20. The topological polar surface area (TPSA) is 55.6 Å². The van der Waals surface area contributed by atoms with Crippen molar-refractivity contribution in [3.05, 3.63) is 28.7 Å². The molecule has 1 amide bonds. The first kappa shape index (κ1) is 16.9. The lowest BCUT2D eigenvalue weighted by Gasteiger charge is -2.30. The number of likely N-dealkylation sites (N-methyl/N-ethyl adjacent to an activating group) is 1. The number of hydrogen-bond acceptors (Lipinski definition) is 5. The number of piperazine rings is 1. The van der Waals surface area contributed by atoms with Crippen molar-refractivity contribution in [3.63, 3.8) is 0 Å². The SMILES string of the molecule is COc1ccc(/C=C2\SC(N3CC[NH+](C)CC3)=NC2=O)cc1OC. The highest BCUT2D eigenvalue weighted by atomic mass is 32.2. The summed E-state index contributed by atoms with van der Waals surface area (Å²) in [6.07, 6.45) is 1.85. The van der Waals surface area contributed by atoms with Crippen molar-refractivity contribution in [2.75, 3.05) is 47.4 Å². The molecule has 0 saturated carbocycles. The fourth-order valence-corrected chi connectivity index (χ4v) is 3.67. The van der Waals surface area contributed by atoms with Crippen LogP contribution in [0, 0.1) is 0 Å². The van der Waals surface area contributed by atoms with E-state index in [1.807, 2.05) is 24.3 Å². The van der Waals surface area contributed by atoms with Gasteiger partial charge < -0.3 is 19.3 Å². The van der Waals surface area contributed by atoms with Crippen molar-refractivity contribution in [3.8, 4) is 11.5 Å². The van der Waals surface area contributed by atoms with E-state index in [1.54, 1.807) is 14.2 Å². The Bertz CT molecular complexity index is 694. The summed E-state index contributed by atoms with van der Waals surface area (Å²) in [6, 6.07) is 5.59. The van der Waals surface area contributed by atoms with Crippen LogP contribution in [0.25, 0.3) is 6.08 Å². The first-order valence-electron chi connectivity index (χ1n) is 7.91. The Morgan fingerprint density at radius 3 is 2.58 bits per heavy atom. The smallest absolute Gasteiger partial charge is 0.286 e. The molecule has 0 radical (unpaired) electrons. The second-order valence-corrected chi connectivity index (χ2v) is 6.88. The van der Waals surface area contributed by atoms with Crippen molar-refractivity contribution in [1.82, 2.24) is 4.90 Å². The Labute approximate surface area is 146 Å². The van der Waals surface area contributed by atoms with Crippen LogP contribution in [0.4, 0.5) is 0 Å². The van der Waals surface area contributed by atoms with Crippen LogP contribution in [-0.4, -0.2) is 63.4 Å². The Balaban J connectivity index is 1.74. The van der Waals surface area contributed by atoms with Crippen LogP contribution in [0.3, 0.4) is 0 Å². The molecule has 1 fully saturated rings. The molecule has 2 aliphatic heterocycles. The van der Waals surface area contributed by atoms with E-state index in [0.29, 0.717) is 16.4 Å². The van der Waals surface area contributed by atoms with Gasteiger partial charge in [0.25, 0.3) is 5.91 Å². The predicted molar refractivity (Wildman–Crippen MR) is 95.7 cm³/mol. The third kappa shape index (κ3) is 3.57. The fraction of sp³-hybridized carbons (Fsp3) is 0.412. The number of carbonyl (C=O) groups is 1. The number of methoxy groups -OCH3 is 2. The summed E-state index contributed by atoms with van der Waals surface area (Å²) < 4.78 is 10.5. The Morgan fingerprint density at radius 1 is 1.21 bits per heavy atom. The summed E-state index contributed by atoms with van der Waals surface area (Å²) >= 11 is 1.45. The number of amidine groups is 1. The first-order chi connectivity index (χ1) is 11.6. The maximum Gasteiger partial charge on any atom is 0.286 e. The Kier molecular flexibility index (Phi) is 5.11. The summed E-state index contributed by atoms with van der Waals surface area (Å²) in [4.78, 5) is 20.8. The normalized spacial score (nSPS) is 20.5. The average molecular weight is 348 g/mol. The number of amides is 1. The highest BCUT2D eigenvalue weighted by Gasteiger charge is 2.28. The summed E-state index contributed by atoms with van der Waals surface area (Å²) in [5, 5.41) is 0.819. The van der Waals surface area contributed by atoms with Crippen LogP contribution in [0.1, 0.15) is 5.56 Å². The minimum atomic E-state index is -0.170. The van der Waals surface area contributed by atoms with E-state index in [2.05, 4.69) is 16.9 Å². The van der Waals surface area contributed by atoms with Crippen molar-refractivity contribution < 1.29 is 19.2 Å². The average Bonchev–Trinajstić information content (AvgIpc) is 2.96. The Hall–Kier alpha value is -1.99. The van der Waals surface area contributed by atoms with Gasteiger partial charge in [-0.25, -0.2) is 0 Å². The molecular weight excluding hydrogens is 326 g/mol. The summed E-state index contributed by atoms with van der Waals surface area (Å²) in [7, 11) is 5.39. The molecule has 0 spiro atoms. The van der Waals surface area contributed by atoms with Crippen molar-refractivity contribution >= 4 is 28.9 Å². The van der Waals surface area contributed by atoms with Crippen LogP contribution >= 0.6 is 11.8 Å². The molecule has 24 heavy (non-hydrogen) atoms. The van der Waals surface area contributed by atoms with Gasteiger partial charge in [-0.15, -0.1) is 0 Å². The number of thioether (sulfide) groups is 1. The molecule has 1 saturated heterocycles. The van der Waals surface area contributed by atoms with E-state index in [0.717, 1.165) is 36.9 Å². The number of rotatable bonds is 3. The number of nitrogens with zero attached hydrogens (tertiary/aromatic N) is 2. The number of hydrogen-bond donors (Lipinski definition) is 1. The van der Waals surface area contributed by atoms with E-state index in [1.165, 1.54) is 16.7 Å². The highest BCUT2D eigenvalue weighted by molar-refractivity contribution is 8.18. The second kappa shape index (κ2) is 7.27.